The van der Waals surface area contributed by atoms with E-state index in [-0.39, 0.29) is 21.6 Å². The Labute approximate surface area is 252 Å². The molecular weight excluding hydrogens is 576 g/mol. The van der Waals surface area contributed by atoms with Crippen LogP contribution >= 0.6 is 0 Å². The second-order valence-corrected chi connectivity index (χ2v) is 13.8. The average Bonchev–Trinajstić information content (AvgIpc) is 2.96. The number of amides is 2. The highest BCUT2D eigenvalue weighted by molar-refractivity contribution is 7.89. The summed E-state index contributed by atoms with van der Waals surface area (Å²) in [5.74, 6) is -0.214. The van der Waals surface area contributed by atoms with E-state index in [0.29, 0.717) is 50.4 Å². The first kappa shape index (κ1) is 35.4. The summed E-state index contributed by atoms with van der Waals surface area (Å²) >= 11 is 0. The van der Waals surface area contributed by atoms with Gasteiger partial charge in [-0.15, -0.1) is 0 Å². The van der Waals surface area contributed by atoms with Gasteiger partial charge in [0.1, 0.15) is 0 Å². The number of anilines is 2. The van der Waals surface area contributed by atoms with E-state index in [0.717, 1.165) is 38.5 Å². The number of unbranched alkanes of at least 4 members (excludes halogenated alkanes) is 5. The van der Waals surface area contributed by atoms with Crippen molar-refractivity contribution in [2.45, 2.75) is 88.9 Å². The number of hydrogen-bond acceptors (Lipinski definition) is 6. The Bertz CT molecular complexity index is 1230. The van der Waals surface area contributed by atoms with Gasteiger partial charge in [0, 0.05) is 50.4 Å². The van der Waals surface area contributed by atoms with E-state index in [2.05, 4.69) is 10.6 Å². The maximum absolute atomic E-state index is 12.6. The van der Waals surface area contributed by atoms with Gasteiger partial charge in [-0.3, -0.25) is 9.59 Å². The minimum absolute atomic E-state index is 0.107. The Morgan fingerprint density at radius 2 is 0.810 bits per heavy atom. The lowest BCUT2D eigenvalue weighted by Crippen LogP contribution is -2.30. The molecule has 0 aliphatic carbocycles. The van der Waals surface area contributed by atoms with Gasteiger partial charge >= 0.3 is 0 Å². The van der Waals surface area contributed by atoms with Crippen LogP contribution in [0.15, 0.2) is 58.3 Å². The molecule has 0 spiro atoms. The summed E-state index contributed by atoms with van der Waals surface area (Å²) < 4.78 is 53.1. The molecule has 0 aromatic heterocycles. The molecule has 2 aromatic rings. The second-order valence-electron chi connectivity index (χ2n) is 9.95. The first-order chi connectivity index (χ1) is 20.0. The number of nitrogens with zero attached hydrogens (tertiary/aromatic N) is 2. The number of carbonyl (C=O) groups is 2. The van der Waals surface area contributed by atoms with Crippen LogP contribution in [0.1, 0.15) is 79.1 Å². The maximum Gasteiger partial charge on any atom is 0.243 e. The summed E-state index contributed by atoms with van der Waals surface area (Å²) in [6.07, 6.45) is 6.02. The van der Waals surface area contributed by atoms with Crippen molar-refractivity contribution < 1.29 is 26.4 Å². The minimum atomic E-state index is -3.52. The first-order valence-corrected chi connectivity index (χ1v) is 17.7. The van der Waals surface area contributed by atoms with Gasteiger partial charge in [0.05, 0.1) is 9.79 Å². The zero-order valence-corrected chi connectivity index (χ0v) is 26.9. The highest BCUT2D eigenvalue weighted by Gasteiger charge is 2.22. The predicted molar refractivity (Wildman–Crippen MR) is 167 cm³/mol. The normalized spacial score (nSPS) is 12.0. The molecule has 0 saturated carbocycles. The molecule has 42 heavy (non-hydrogen) atoms. The van der Waals surface area contributed by atoms with Gasteiger partial charge in [0.25, 0.3) is 0 Å². The lowest BCUT2D eigenvalue weighted by molar-refractivity contribution is -0.117. The van der Waals surface area contributed by atoms with Crippen molar-refractivity contribution in [2.24, 2.45) is 0 Å². The number of benzene rings is 2. The van der Waals surface area contributed by atoms with Crippen LogP contribution in [0, 0.1) is 0 Å². The summed E-state index contributed by atoms with van der Waals surface area (Å²) in [5, 5.41) is 5.64. The zero-order chi connectivity index (χ0) is 31.2. The van der Waals surface area contributed by atoms with E-state index in [4.69, 9.17) is 0 Å². The Morgan fingerprint density at radius 3 is 1.10 bits per heavy atom. The van der Waals surface area contributed by atoms with E-state index >= 15 is 0 Å². The molecule has 0 bridgehead atoms. The van der Waals surface area contributed by atoms with Crippen LogP contribution in [0.5, 0.6) is 0 Å². The molecule has 0 aliphatic heterocycles. The molecule has 0 heterocycles. The van der Waals surface area contributed by atoms with Gasteiger partial charge in [-0.1, -0.05) is 53.4 Å². The topological polar surface area (TPSA) is 133 Å². The Balaban J connectivity index is 1.61. The van der Waals surface area contributed by atoms with Gasteiger partial charge in [0.15, 0.2) is 0 Å². The van der Waals surface area contributed by atoms with Crippen LogP contribution in [0.4, 0.5) is 11.4 Å². The van der Waals surface area contributed by atoms with Gasteiger partial charge in [-0.05, 0) is 61.4 Å². The van der Waals surface area contributed by atoms with Gasteiger partial charge in [0.2, 0.25) is 31.9 Å². The van der Waals surface area contributed by atoms with Crippen molar-refractivity contribution in [2.75, 3.05) is 36.8 Å². The van der Waals surface area contributed by atoms with Gasteiger partial charge in [-0.2, -0.15) is 8.61 Å². The molecule has 0 fully saturated rings. The van der Waals surface area contributed by atoms with Crippen molar-refractivity contribution in [3.8, 4) is 0 Å². The van der Waals surface area contributed by atoms with Crippen molar-refractivity contribution in [3.63, 3.8) is 0 Å². The van der Waals surface area contributed by atoms with E-state index in [1.807, 2.05) is 0 Å². The van der Waals surface area contributed by atoms with E-state index in [1.54, 1.807) is 52.0 Å². The third-order valence-electron chi connectivity index (χ3n) is 7.02. The molecule has 0 aliphatic rings. The molecule has 2 aromatic carbocycles. The third-order valence-corrected chi connectivity index (χ3v) is 11.1. The fourth-order valence-electron chi connectivity index (χ4n) is 4.57. The van der Waals surface area contributed by atoms with Crippen LogP contribution in [-0.2, 0) is 29.6 Å². The highest BCUT2D eigenvalue weighted by atomic mass is 32.2. The molecule has 0 unspecified atom stereocenters. The number of nitrogens with one attached hydrogen (secondary N) is 2. The van der Waals surface area contributed by atoms with Crippen LogP contribution in [0.3, 0.4) is 0 Å². The van der Waals surface area contributed by atoms with Crippen molar-refractivity contribution >= 4 is 43.2 Å². The summed E-state index contributed by atoms with van der Waals surface area (Å²) in [4.78, 5) is 24.9. The summed E-state index contributed by atoms with van der Waals surface area (Å²) in [5.41, 5.74) is 1.13. The largest absolute Gasteiger partial charge is 0.326 e. The number of carbonyl (C=O) groups excluding carboxylic acids is 2. The fourth-order valence-corrected chi connectivity index (χ4v) is 7.49. The molecule has 2 amide bonds. The predicted octanol–water partition coefficient (Wildman–Crippen LogP) is 5.45. The maximum atomic E-state index is 12.6. The minimum Gasteiger partial charge on any atom is -0.326 e. The van der Waals surface area contributed by atoms with Crippen molar-refractivity contribution in [1.29, 1.82) is 0 Å². The Hall–Kier alpha value is -2.80. The number of rotatable bonds is 19. The average molecular weight is 623 g/mol. The number of sulfonamides is 2. The molecule has 10 nitrogen and oxygen atoms in total. The van der Waals surface area contributed by atoms with Crippen molar-refractivity contribution in [1.82, 2.24) is 8.61 Å². The summed E-state index contributed by atoms with van der Waals surface area (Å²) in [6.45, 7) is 8.78. The van der Waals surface area contributed by atoms with Crippen molar-refractivity contribution in [3.05, 3.63) is 48.5 Å². The molecule has 0 atom stereocenters. The van der Waals surface area contributed by atoms with E-state index in [9.17, 15) is 26.4 Å². The van der Waals surface area contributed by atoms with Gasteiger partial charge < -0.3 is 10.6 Å². The molecule has 0 saturated heterocycles. The van der Waals surface area contributed by atoms with Gasteiger partial charge in [-0.25, -0.2) is 16.8 Å². The molecule has 12 heteroatoms. The molecule has 2 rings (SSSR count). The van der Waals surface area contributed by atoms with E-state index in [1.165, 1.54) is 32.9 Å². The smallest absolute Gasteiger partial charge is 0.243 e. The lowest BCUT2D eigenvalue weighted by Gasteiger charge is -2.18. The monoisotopic (exact) mass is 622 g/mol. The lowest BCUT2D eigenvalue weighted by atomic mass is 10.1. The number of hydrogen-bond donors (Lipinski definition) is 2. The van der Waals surface area contributed by atoms with Crippen LogP contribution in [0.25, 0.3) is 0 Å². The van der Waals surface area contributed by atoms with Crippen LogP contribution < -0.4 is 10.6 Å². The fraction of sp³-hybridized carbons (Fsp3) is 0.533. The quantitative estimate of drug-likeness (QED) is 0.200. The zero-order valence-electron chi connectivity index (χ0n) is 25.3. The Kier molecular flexibility index (Phi) is 14.6. The molecule has 0 radical (unpaired) electrons. The van der Waals surface area contributed by atoms with E-state index < -0.39 is 20.0 Å². The standard InChI is InChI=1S/C30H46N4O6S2/c1-5-33(6-2)41(37,38)27-21-17-25(18-22-27)31-29(35)15-13-11-9-10-12-14-16-30(36)32-26-19-23-28(24-20-26)42(39,40)34(7-3)8-4/h17-24H,5-16H2,1-4H3,(H,31,35)(H,32,36). The molecule has 2 N–H and O–H groups in total. The first-order valence-electron chi connectivity index (χ1n) is 14.8. The third kappa shape index (κ3) is 10.5. The second kappa shape index (κ2) is 17.3. The summed E-state index contributed by atoms with van der Waals surface area (Å²) in [6, 6.07) is 12.5. The SMILES string of the molecule is CCN(CC)S(=O)(=O)c1ccc(NC(=O)CCCCCCCCC(=O)Nc2ccc(S(=O)(=O)N(CC)CC)cc2)cc1. The van der Waals surface area contributed by atoms with Crippen LogP contribution in [0.2, 0.25) is 0 Å². The molecular formula is C30H46N4O6S2. The Morgan fingerprint density at radius 1 is 0.524 bits per heavy atom. The molecule has 234 valence electrons. The summed E-state index contributed by atoms with van der Waals surface area (Å²) in [7, 11) is -7.05. The highest BCUT2D eigenvalue weighted by Crippen LogP contribution is 2.20. The van der Waals surface area contributed by atoms with Crippen LogP contribution in [-0.4, -0.2) is 63.4 Å².